The van der Waals surface area contributed by atoms with E-state index >= 15 is 0 Å². The van der Waals surface area contributed by atoms with Crippen LogP contribution in [0.25, 0.3) is 0 Å². The zero-order valence-electron chi connectivity index (χ0n) is 18.9. The molecule has 0 amide bonds. The number of ether oxygens (including phenoxy) is 1. The third-order valence-corrected chi connectivity index (χ3v) is 5.30. The van der Waals surface area contributed by atoms with Crippen molar-refractivity contribution >= 4 is 76.4 Å². The fourth-order valence-corrected chi connectivity index (χ4v) is 3.77. The number of anilines is 1. The quantitative estimate of drug-likeness (QED) is 0.349. The lowest BCUT2D eigenvalue weighted by molar-refractivity contribution is 0.0235. The van der Waals surface area contributed by atoms with E-state index in [9.17, 15) is 17.6 Å². The van der Waals surface area contributed by atoms with Gasteiger partial charge in [0.05, 0.1) is 13.1 Å². The van der Waals surface area contributed by atoms with E-state index in [0.29, 0.717) is 6.54 Å². The number of nitrogens with one attached hydrogen (secondary N) is 1. The molecule has 2 aromatic heterocycles. The molecule has 0 aliphatic carbocycles. The minimum atomic E-state index is -2.70. The van der Waals surface area contributed by atoms with E-state index in [1.165, 1.54) is 17.7 Å². The maximum Gasteiger partial charge on any atom is 0.267 e. The van der Waals surface area contributed by atoms with Gasteiger partial charge in [-0.15, -0.1) is 12.4 Å². The number of rotatable bonds is 1. The van der Waals surface area contributed by atoms with Gasteiger partial charge in [0.25, 0.3) is 11.8 Å². The van der Waals surface area contributed by atoms with Crippen molar-refractivity contribution in [1.29, 1.82) is 0 Å². The van der Waals surface area contributed by atoms with Gasteiger partial charge in [0, 0.05) is 39.1 Å². The van der Waals surface area contributed by atoms with Gasteiger partial charge in [-0.2, -0.15) is 29.9 Å². The molecule has 3 fully saturated rings. The lowest BCUT2D eigenvalue weighted by atomic mass is 10.3. The maximum absolute atomic E-state index is 12.9. The molecule has 2 aromatic rings. The van der Waals surface area contributed by atoms with E-state index < -0.39 is 18.4 Å². The van der Waals surface area contributed by atoms with E-state index in [0.717, 1.165) is 13.2 Å². The summed E-state index contributed by atoms with van der Waals surface area (Å²) in [6, 6.07) is 0. The van der Waals surface area contributed by atoms with Gasteiger partial charge in [-0.1, -0.05) is 7.43 Å². The molecule has 0 spiro atoms. The van der Waals surface area contributed by atoms with Crippen LogP contribution < -0.4 is 10.2 Å². The fraction of sp³-hybridized carbons (Fsp3) is 0.684. The molecular weight excluding hydrogens is 645 g/mol. The van der Waals surface area contributed by atoms with E-state index in [1.54, 1.807) is 0 Å². The summed E-state index contributed by atoms with van der Waals surface area (Å²) in [6.07, 6.45) is 2.35. The standard InChI is InChI=1S/C7H6Cl2F2N4.C4H7F2N.C4H8O.C3Cl3N3.CH4.ClH/c8-4-12-5(9)14-6(13-4)15-2-1-7(10,11)3-15;5-4(6)1-2-7-3-4;1-2-4-5-3-1;4-1-7-2(5)9-3(6)8-1;;/h1-3H2;7H,1-3H2;1-4H2;;1H4;1H. The largest absolute Gasteiger partial charge is 0.381 e. The second-order valence-corrected chi connectivity index (χ2v) is 9.14. The average molecular weight is 671 g/mol. The molecule has 3 aliphatic rings. The van der Waals surface area contributed by atoms with Gasteiger partial charge in [0.15, 0.2) is 0 Å². The highest BCUT2D eigenvalue weighted by molar-refractivity contribution is 6.33. The summed E-state index contributed by atoms with van der Waals surface area (Å²) in [7, 11) is 0. The van der Waals surface area contributed by atoms with Crippen LogP contribution in [-0.2, 0) is 4.74 Å². The van der Waals surface area contributed by atoms with E-state index in [4.69, 9.17) is 62.7 Å². The molecule has 0 bridgehead atoms. The smallest absolute Gasteiger partial charge is 0.267 e. The molecule has 5 rings (SSSR count). The van der Waals surface area contributed by atoms with E-state index in [2.05, 4.69) is 35.2 Å². The summed E-state index contributed by atoms with van der Waals surface area (Å²) in [6.45, 7) is 2.10. The summed E-state index contributed by atoms with van der Waals surface area (Å²) in [4.78, 5) is 22.7. The molecule has 0 unspecified atom stereocenters. The Balaban J connectivity index is 0.000000512. The van der Waals surface area contributed by atoms with Crippen molar-refractivity contribution in [3.8, 4) is 0 Å². The van der Waals surface area contributed by atoms with Crippen LogP contribution in [0.4, 0.5) is 23.5 Å². The van der Waals surface area contributed by atoms with Gasteiger partial charge < -0.3 is 15.0 Å². The summed E-state index contributed by atoms with van der Waals surface area (Å²) < 4.78 is 54.5. The molecule has 5 heterocycles. The molecule has 0 atom stereocenters. The maximum atomic E-state index is 12.9. The lowest BCUT2D eigenvalue weighted by Crippen LogP contribution is -2.26. The second kappa shape index (κ2) is 17.8. The Morgan fingerprint density at radius 1 is 0.711 bits per heavy atom. The Hall–Kier alpha value is -0.800. The predicted octanol–water partition coefficient (Wildman–Crippen LogP) is 6.33. The molecule has 0 aromatic carbocycles. The molecule has 3 saturated heterocycles. The number of nitrogens with zero attached hydrogens (tertiary/aromatic N) is 7. The highest BCUT2D eigenvalue weighted by Crippen LogP contribution is 2.29. The van der Waals surface area contributed by atoms with Crippen LogP contribution in [-0.4, -0.2) is 81.1 Å². The van der Waals surface area contributed by atoms with Gasteiger partial charge in [-0.05, 0) is 70.8 Å². The first-order valence-corrected chi connectivity index (χ1v) is 12.3. The molecule has 9 nitrogen and oxygen atoms in total. The summed E-state index contributed by atoms with van der Waals surface area (Å²) in [5.41, 5.74) is 0. The molecule has 0 radical (unpaired) electrons. The van der Waals surface area contributed by atoms with Crippen LogP contribution in [0.15, 0.2) is 0 Å². The van der Waals surface area contributed by atoms with Gasteiger partial charge >= 0.3 is 0 Å². The Labute approximate surface area is 248 Å². The van der Waals surface area contributed by atoms with Crippen LogP contribution in [0.1, 0.15) is 33.1 Å². The van der Waals surface area contributed by atoms with Gasteiger partial charge in [0.2, 0.25) is 32.4 Å². The SMILES string of the molecule is C.C1CCOC1.Cl.Clc1nc(Cl)nc(Cl)n1.FC1(F)CCN(c2nc(Cl)nc(Cl)n2)C1.FC1(F)CCNC1. The average Bonchev–Trinajstić information content (AvgIpc) is 3.51. The molecular formula is C19H26Cl6F4N8O. The lowest BCUT2D eigenvalue weighted by Gasteiger charge is -2.15. The Bertz CT molecular complexity index is 894. The van der Waals surface area contributed by atoms with Crippen LogP contribution in [0.3, 0.4) is 0 Å². The van der Waals surface area contributed by atoms with Gasteiger partial charge in [0.1, 0.15) is 0 Å². The Kier molecular flexibility index (Phi) is 17.4. The van der Waals surface area contributed by atoms with Crippen molar-refractivity contribution in [2.24, 2.45) is 0 Å². The third-order valence-electron chi connectivity index (χ3n) is 4.45. The monoisotopic (exact) mass is 668 g/mol. The predicted molar refractivity (Wildman–Crippen MR) is 143 cm³/mol. The second-order valence-electron chi connectivity index (χ2n) is 7.45. The molecule has 3 aliphatic heterocycles. The number of hydrogen-bond acceptors (Lipinski definition) is 9. The summed E-state index contributed by atoms with van der Waals surface area (Å²) in [5, 5.41) is 2.37. The first-order chi connectivity index (χ1) is 16.8. The van der Waals surface area contributed by atoms with Crippen molar-refractivity contribution in [3.63, 3.8) is 0 Å². The van der Waals surface area contributed by atoms with Crippen molar-refractivity contribution in [2.75, 3.05) is 44.3 Å². The summed E-state index contributed by atoms with van der Waals surface area (Å²) in [5.74, 6) is -5.02. The molecule has 218 valence electrons. The van der Waals surface area contributed by atoms with E-state index in [-0.39, 0.29) is 78.1 Å². The normalized spacial score (nSPS) is 18.4. The van der Waals surface area contributed by atoms with Gasteiger partial charge in [-0.25, -0.2) is 17.6 Å². The number of halogens is 10. The zero-order chi connectivity index (χ0) is 26.8. The van der Waals surface area contributed by atoms with Crippen LogP contribution in [0.5, 0.6) is 0 Å². The molecule has 19 heteroatoms. The topological polar surface area (TPSA) is 102 Å². The van der Waals surface area contributed by atoms with Crippen LogP contribution >= 0.6 is 70.4 Å². The highest BCUT2D eigenvalue weighted by atomic mass is 35.5. The van der Waals surface area contributed by atoms with Crippen molar-refractivity contribution in [2.45, 2.75) is 45.0 Å². The summed E-state index contributed by atoms with van der Waals surface area (Å²) >= 11 is 27.0. The molecule has 0 saturated carbocycles. The number of alkyl halides is 4. The van der Waals surface area contributed by atoms with Crippen molar-refractivity contribution in [1.82, 2.24) is 35.2 Å². The Morgan fingerprint density at radius 2 is 1.16 bits per heavy atom. The minimum Gasteiger partial charge on any atom is -0.381 e. The first kappa shape index (κ1) is 37.2. The fourth-order valence-electron chi connectivity index (χ4n) is 2.81. The van der Waals surface area contributed by atoms with Crippen molar-refractivity contribution in [3.05, 3.63) is 26.4 Å². The first-order valence-electron chi connectivity index (χ1n) is 10.4. The minimum absolute atomic E-state index is 0. The Morgan fingerprint density at radius 3 is 1.42 bits per heavy atom. The number of aromatic nitrogens is 6. The number of hydrogen-bond donors (Lipinski definition) is 1. The van der Waals surface area contributed by atoms with Crippen molar-refractivity contribution < 1.29 is 22.3 Å². The molecule has 1 N–H and O–H groups in total. The van der Waals surface area contributed by atoms with Crippen LogP contribution in [0, 0.1) is 0 Å². The van der Waals surface area contributed by atoms with Crippen LogP contribution in [0.2, 0.25) is 26.4 Å². The zero-order valence-corrected chi connectivity index (χ0v) is 23.5. The third kappa shape index (κ3) is 15.1. The van der Waals surface area contributed by atoms with Gasteiger partial charge in [-0.3, -0.25) is 0 Å². The highest BCUT2D eigenvalue weighted by Gasteiger charge is 2.39. The molecule has 38 heavy (non-hydrogen) atoms. The van der Waals surface area contributed by atoms with E-state index in [1.807, 2.05) is 0 Å².